The highest BCUT2D eigenvalue weighted by atomic mass is 32.2. The number of benzene rings is 1. The summed E-state index contributed by atoms with van der Waals surface area (Å²) in [7, 11) is -2.19. The fraction of sp³-hybridized carbons (Fsp3) is 0.143. The molecule has 0 aliphatic heterocycles. The zero-order valence-electron chi connectivity index (χ0n) is 12.0. The number of H-pyrrole nitrogens is 1. The summed E-state index contributed by atoms with van der Waals surface area (Å²) in [5, 5.41) is 2.61. The maximum Gasteiger partial charge on any atom is 0.272 e. The van der Waals surface area contributed by atoms with Crippen molar-refractivity contribution in [3.05, 3.63) is 47.8 Å². The zero-order chi connectivity index (χ0) is 16.3. The molecule has 1 aromatic heterocycles. The minimum absolute atomic E-state index is 0.103. The predicted molar refractivity (Wildman–Crippen MR) is 81.4 cm³/mol. The molecular weight excluding hydrogens is 306 g/mol. The molecule has 0 unspecified atom stereocenters. The molecule has 0 radical (unpaired) electrons. The number of rotatable bonds is 5. The van der Waals surface area contributed by atoms with Gasteiger partial charge in [0, 0.05) is 17.4 Å². The Bertz CT molecular complexity index is 807. The van der Waals surface area contributed by atoms with Gasteiger partial charge in [-0.25, -0.2) is 13.1 Å². The van der Waals surface area contributed by atoms with E-state index in [0.717, 1.165) is 0 Å². The van der Waals surface area contributed by atoms with Crippen molar-refractivity contribution in [3.63, 3.8) is 0 Å². The maximum atomic E-state index is 12.0. The van der Waals surface area contributed by atoms with Gasteiger partial charge in [-0.3, -0.25) is 9.59 Å². The van der Waals surface area contributed by atoms with E-state index in [1.54, 1.807) is 0 Å². The highest BCUT2D eigenvalue weighted by molar-refractivity contribution is 7.89. The molecule has 1 amide bonds. The number of aromatic nitrogens is 1. The van der Waals surface area contributed by atoms with Gasteiger partial charge >= 0.3 is 0 Å². The second-order valence-corrected chi connectivity index (χ2v) is 6.43. The largest absolute Gasteiger partial charge is 0.356 e. The first-order chi connectivity index (χ1) is 10.3. The van der Waals surface area contributed by atoms with Gasteiger partial charge in [0.1, 0.15) is 5.69 Å². The van der Waals surface area contributed by atoms with E-state index in [1.807, 2.05) is 0 Å². The van der Waals surface area contributed by atoms with Crippen molar-refractivity contribution in [2.45, 2.75) is 11.8 Å². The highest BCUT2D eigenvalue weighted by Crippen LogP contribution is 2.15. The average molecular weight is 321 g/mol. The Morgan fingerprint density at radius 1 is 1.14 bits per heavy atom. The van der Waals surface area contributed by atoms with Crippen LogP contribution >= 0.6 is 0 Å². The van der Waals surface area contributed by atoms with E-state index in [0.29, 0.717) is 11.3 Å². The van der Waals surface area contributed by atoms with Crippen LogP contribution in [0.25, 0.3) is 0 Å². The number of sulfonamides is 1. The molecule has 0 saturated heterocycles. The molecule has 3 N–H and O–H groups in total. The standard InChI is InChI=1S/C14H15N3O4S/c1-9(18)10-7-13(16-8-10)14(19)17-11-3-5-12(6-4-11)22(20,21)15-2/h3-8,15-16H,1-2H3,(H,17,19). The topological polar surface area (TPSA) is 108 Å². The van der Waals surface area contributed by atoms with Gasteiger partial charge in [0.15, 0.2) is 5.78 Å². The van der Waals surface area contributed by atoms with Crippen LogP contribution in [0, 0.1) is 0 Å². The van der Waals surface area contributed by atoms with Gasteiger partial charge < -0.3 is 10.3 Å². The number of aromatic amines is 1. The molecule has 0 atom stereocenters. The van der Waals surface area contributed by atoms with Crippen molar-refractivity contribution < 1.29 is 18.0 Å². The van der Waals surface area contributed by atoms with Gasteiger partial charge in [0.2, 0.25) is 10.0 Å². The lowest BCUT2D eigenvalue weighted by atomic mass is 10.2. The van der Waals surface area contributed by atoms with Gasteiger partial charge in [-0.1, -0.05) is 0 Å². The summed E-state index contributed by atoms with van der Waals surface area (Å²) < 4.78 is 25.4. The van der Waals surface area contributed by atoms with Gasteiger partial charge in [0.05, 0.1) is 4.90 Å². The Hall–Kier alpha value is -2.45. The van der Waals surface area contributed by atoms with Crippen LogP contribution in [-0.4, -0.2) is 32.1 Å². The molecule has 1 heterocycles. The summed E-state index contributed by atoms with van der Waals surface area (Å²) in [6.07, 6.45) is 1.46. The average Bonchev–Trinajstić information content (AvgIpc) is 2.98. The first-order valence-electron chi connectivity index (χ1n) is 6.38. The van der Waals surface area contributed by atoms with Crippen LogP contribution in [0.15, 0.2) is 41.4 Å². The molecular formula is C14H15N3O4S. The van der Waals surface area contributed by atoms with E-state index in [2.05, 4.69) is 15.0 Å². The SMILES string of the molecule is CNS(=O)(=O)c1ccc(NC(=O)c2cc(C(C)=O)c[nH]2)cc1. The summed E-state index contributed by atoms with van der Waals surface area (Å²) >= 11 is 0. The van der Waals surface area contributed by atoms with Crippen molar-refractivity contribution in [3.8, 4) is 0 Å². The van der Waals surface area contributed by atoms with E-state index in [4.69, 9.17) is 0 Å². The minimum Gasteiger partial charge on any atom is -0.356 e. The Labute approximate surface area is 127 Å². The Morgan fingerprint density at radius 2 is 1.77 bits per heavy atom. The molecule has 0 spiro atoms. The molecule has 0 bridgehead atoms. The van der Waals surface area contributed by atoms with Crippen molar-refractivity contribution in [1.82, 2.24) is 9.71 Å². The fourth-order valence-corrected chi connectivity index (χ4v) is 2.49. The molecule has 116 valence electrons. The van der Waals surface area contributed by atoms with E-state index in [9.17, 15) is 18.0 Å². The first kappa shape index (κ1) is 15.9. The first-order valence-corrected chi connectivity index (χ1v) is 7.86. The lowest BCUT2D eigenvalue weighted by Crippen LogP contribution is -2.18. The second kappa shape index (κ2) is 6.12. The van der Waals surface area contributed by atoms with E-state index >= 15 is 0 Å². The summed E-state index contributed by atoms with van der Waals surface area (Å²) in [6.45, 7) is 1.41. The fourth-order valence-electron chi connectivity index (χ4n) is 1.76. The molecule has 7 nitrogen and oxygen atoms in total. The van der Waals surface area contributed by atoms with E-state index < -0.39 is 15.9 Å². The number of hydrogen-bond donors (Lipinski definition) is 3. The molecule has 22 heavy (non-hydrogen) atoms. The third-order valence-electron chi connectivity index (χ3n) is 3.03. The zero-order valence-corrected chi connectivity index (χ0v) is 12.8. The van der Waals surface area contributed by atoms with Crippen LogP contribution in [0.5, 0.6) is 0 Å². The predicted octanol–water partition coefficient (Wildman–Crippen LogP) is 1.38. The molecule has 0 aliphatic rings. The molecule has 2 aromatic rings. The van der Waals surface area contributed by atoms with Crippen LogP contribution in [-0.2, 0) is 10.0 Å². The summed E-state index contributed by atoms with van der Waals surface area (Å²) in [6, 6.07) is 7.19. The summed E-state index contributed by atoms with van der Waals surface area (Å²) in [4.78, 5) is 26.0. The van der Waals surface area contributed by atoms with Crippen molar-refractivity contribution in [2.24, 2.45) is 0 Å². The third kappa shape index (κ3) is 3.41. The smallest absolute Gasteiger partial charge is 0.272 e. The number of anilines is 1. The van der Waals surface area contributed by atoms with Crippen molar-refractivity contribution in [2.75, 3.05) is 12.4 Å². The minimum atomic E-state index is -3.51. The van der Waals surface area contributed by atoms with Gasteiger partial charge in [-0.15, -0.1) is 0 Å². The number of Topliss-reactive ketones (excluding diaryl/α,β-unsaturated/α-hetero) is 1. The normalized spacial score (nSPS) is 11.2. The number of ketones is 1. The van der Waals surface area contributed by atoms with Crippen LogP contribution in [0.3, 0.4) is 0 Å². The summed E-state index contributed by atoms with van der Waals surface area (Å²) in [5.74, 6) is -0.561. The quantitative estimate of drug-likeness (QED) is 0.723. The molecule has 8 heteroatoms. The van der Waals surface area contributed by atoms with E-state index in [1.165, 1.54) is 50.5 Å². The lowest BCUT2D eigenvalue weighted by molar-refractivity contribution is 0.101. The Kier molecular flexibility index (Phi) is 4.43. The molecule has 2 rings (SSSR count). The number of hydrogen-bond acceptors (Lipinski definition) is 4. The lowest BCUT2D eigenvalue weighted by Gasteiger charge is -2.06. The number of amides is 1. The maximum absolute atomic E-state index is 12.0. The van der Waals surface area contributed by atoms with Crippen molar-refractivity contribution >= 4 is 27.4 Å². The van der Waals surface area contributed by atoms with Crippen LogP contribution in [0.4, 0.5) is 5.69 Å². The van der Waals surface area contributed by atoms with Gasteiger partial charge in [-0.05, 0) is 44.3 Å². The van der Waals surface area contributed by atoms with Crippen LogP contribution in [0.2, 0.25) is 0 Å². The Balaban J connectivity index is 2.13. The van der Waals surface area contributed by atoms with Gasteiger partial charge in [0.25, 0.3) is 5.91 Å². The molecule has 0 fully saturated rings. The number of nitrogens with one attached hydrogen (secondary N) is 3. The van der Waals surface area contributed by atoms with Crippen LogP contribution < -0.4 is 10.0 Å². The van der Waals surface area contributed by atoms with E-state index in [-0.39, 0.29) is 16.4 Å². The number of carbonyl (C=O) groups excluding carboxylic acids is 2. The van der Waals surface area contributed by atoms with Gasteiger partial charge in [-0.2, -0.15) is 0 Å². The molecule has 0 aliphatic carbocycles. The Morgan fingerprint density at radius 3 is 2.27 bits per heavy atom. The third-order valence-corrected chi connectivity index (χ3v) is 4.46. The van der Waals surface area contributed by atoms with Crippen LogP contribution in [0.1, 0.15) is 27.8 Å². The molecule has 0 saturated carbocycles. The van der Waals surface area contributed by atoms with Crippen molar-refractivity contribution in [1.29, 1.82) is 0 Å². The highest BCUT2D eigenvalue weighted by Gasteiger charge is 2.13. The number of carbonyl (C=O) groups is 2. The monoisotopic (exact) mass is 321 g/mol. The second-order valence-electron chi connectivity index (χ2n) is 4.54. The molecule has 1 aromatic carbocycles. The summed E-state index contributed by atoms with van der Waals surface area (Å²) in [5.41, 5.74) is 1.11.